The first kappa shape index (κ1) is 17.1. The number of aliphatic hydroxyl groups excluding tert-OH is 1. The first-order chi connectivity index (χ1) is 10.5. The summed E-state index contributed by atoms with van der Waals surface area (Å²) in [6, 6.07) is 4.28. The Bertz CT molecular complexity index is 516. The van der Waals surface area contributed by atoms with Gasteiger partial charge >= 0.3 is 0 Å². The zero-order valence-electron chi connectivity index (χ0n) is 12.8. The highest BCUT2D eigenvalue weighted by Crippen LogP contribution is 2.23. The molecule has 1 aromatic rings. The van der Waals surface area contributed by atoms with Crippen LogP contribution >= 0.6 is 11.6 Å². The van der Waals surface area contributed by atoms with Crippen LogP contribution in [0.2, 0.25) is 5.02 Å². The Labute approximate surface area is 135 Å². The Morgan fingerprint density at radius 3 is 2.77 bits per heavy atom. The van der Waals surface area contributed by atoms with E-state index in [4.69, 9.17) is 11.6 Å². The third-order valence-electron chi connectivity index (χ3n) is 4.05. The van der Waals surface area contributed by atoms with Crippen LogP contribution in [0.3, 0.4) is 0 Å². The largest absolute Gasteiger partial charge is 0.506 e. The summed E-state index contributed by atoms with van der Waals surface area (Å²) in [5, 5.41) is 22.2. The molecule has 1 aliphatic heterocycles. The molecule has 0 aromatic heterocycles. The molecule has 2 rings (SSSR count). The standard InChI is InChI=1S/C16H23ClN2O3/c1-11-4-6-19(7-5-11)10-13(20)9-18-16(22)12-2-3-15(21)14(17)8-12/h2-3,8,11,13,20-21H,4-7,9-10H2,1H3,(H,18,22). The van der Waals surface area contributed by atoms with E-state index in [1.807, 2.05) is 0 Å². The van der Waals surface area contributed by atoms with Gasteiger partial charge in [0.1, 0.15) is 5.75 Å². The number of carbonyl (C=O) groups is 1. The van der Waals surface area contributed by atoms with Crippen molar-refractivity contribution in [3.8, 4) is 5.75 Å². The van der Waals surface area contributed by atoms with Gasteiger partial charge in [0, 0.05) is 18.7 Å². The summed E-state index contributed by atoms with van der Waals surface area (Å²) in [4.78, 5) is 14.2. The first-order valence-corrected chi connectivity index (χ1v) is 8.00. The lowest BCUT2D eigenvalue weighted by molar-refractivity contribution is 0.0795. The molecule has 0 bridgehead atoms. The fourth-order valence-electron chi connectivity index (χ4n) is 2.57. The quantitative estimate of drug-likeness (QED) is 0.772. The molecule has 0 spiro atoms. The van der Waals surface area contributed by atoms with E-state index in [-0.39, 0.29) is 23.2 Å². The molecule has 0 saturated carbocycles. The van der Waals surface area contributed by atoms with Crippen molar-refractivity contribution in [2.75, 3.05) is 26.2 Å². The van der Waals surface area contributed by atoms with E-state index in [1.165, 1.54) is 18.2 Å². The Morgan fingerprint density at radius 2 is 2.14 bits per heavy atom. The lowest BCUT2D eigenvalue weighted by Crippen LogP contribution is -2.43. The van der Waals surface area contributed by atoms with Gasteiger partial charge in [-0.25, -0.2) is 0 Å². The highest BCUT2D eigenvalue weighted by Gasteiger charge is 2.18. The van der Waals surface area contributed by atoms with Crippen LogP contribution in [0, 0.1) is 5.92 Å². The number of nitrogens with zero attached hydrogens (tertiary/aromatic N) is 1. The average Bonchev–Trinajstić information content (AvgIpc) is 2.50. The molecule has 0 aliphatic carbocycles. The fraction of sp³-hybridized carbons (Fsp3) is 0.562. The third-order valence-corrected chi connectivity index (χ3v) is 4.36. The van der Waals surface area contributed by atoms with Gasteiger partial charge in [0.05, 0.1) is 11.1 Å². The minimum atomic E-state index is -0.593. The molecule has 1 aromatic carbocycles. The highest BCUT2D eigenvalue weighted by molar-refractivity contribution is 6.32. The van der Waals surface area contributed by atoms with Crippen LogP contribution in [0.4, 0.5) is 0 Å². The molecule has 122 valence electrons. The number of hydrogen-bond acceptors (Lipinski definition) is 4. The van der Waals surface area contributed by atoms with Crippen LogP contribution in [0.15, 0.2) is 18.2 Å². The molecule has 1 unspecified atom stereocenters. The van der Waals surface area contributed by atoms with Gasteiger partial charge in [-0.15, -0.1) is 0 Å². The molecule has 1 fully saturated rings. The van der Waals surface area contributed by atoms with Gasteiger partial charge in [-0.05, 0) is 50.0 Å². The number of β-amino-alcohol motifs (C(OH)–C–C–N with tert-alkyl or cyclic N) is 1. The monoisotopic (exact) mass is 326 g/mol. The van der Waals surface area contributed by atoms with Crippen molar-refractivity contribution in [3.63, 3.8) is 0 Å². The lowest BCUT2D eigenvalue weighted by atomic mass is 9.99. The zero-order chi connectivity index (χ0) is 16.1. The van der Waals surface area contributed by atoms with Gasteiger partial charge in [-0.2, -0.15) is 0 Å². The van der Waals surface area contributed by atoms with Crippen LogP contribution in [-0.4, -0.2) is 53.3 Å². The van der Waals surface area contributed by atoms with Crippen LogP contribution in [-0.2, 0) is 0 Å². The van der Waals surface area contributed by atoms with Crippen LogP contribution in [0.5, 0.6) is 5.75 Å². The number of phenols is 1. The molecular formula is C16H23ClN2O3. The van der Waals surface area contributed by atoms with E-state index >= 15 is 0 Å². The van der Waals surface area contributed by atoms with Crippen LogP contribution in [0.1, 0.15) is 30.1 Å². The van der Waals surface area contributed by atoms with Gasteiger partial charge < -0.3 is 20.4 Å². The van der Waals surface area contributed by atoms with Crippen molar-refractivity contribution in [1.29, 1.82) is 0 Å². The molecule has 1 amide bonds. The molecule has 1 aliphatic rings. The number of likely N-dealkylation sites (tertiary alicyclic amines) is 1. The van der Waals surface area contributed by atoms with E-state index in [9.17, 15) is 15.0 Å². The number of halogens is 1. The van der Waals surface area contributed by atoms with Crippen LogP contribution in [0.25, 0.3) is 0 Å². The number of benzene rings is 1. The second kappa shape index (κ2) is 7.81. The first-order valence-electron chi connectivity index (χ1n) is 7.63. The number of carbonyl (C=O) groups excluding carboxylic acids is 1. The van der Waals surface area contributed by atoms with Crippen molar-refractivity contribution in [1.82, 2.24) is 10.2 Å². The average molecular weight is 327 g/mol. The molecule has 1 atom stereocenters. The van der Waals surface area contributed by atoms with Crippen molar-refractivity contribution < 1.29 is 15.0 Å². The number of phenolic OH excluding ortho intramolecular Hbond substituents is 1. The van der Waals surface area contributed by atoms with Gasteiger partial charge in [0.25, 0.3) is 5.91 Å². The van der Waals surface area contributed by atoms with E-state index in [0.717, 1.165) is 31.8 Å². The van der Waals surface area contributed by atoms with Crippen molar-refractivity contribution in [2.45, 2.75) is 25.9 Å². The Hall–Kier alpha value is -1.30. The van der Waals surface area contributed by atoms with Gasteiger partial charge in [0.15, 0.2) is 0 Å². The summed E-state index contributed by atoms with van der Waals surface area (Å²) < 4.78 is 0. The summed E-state index contributed by atoms with van der Waals surface area (Å²) >= 11 is 5.78. The second-order valence-corrected chi connectivity index (χ2v) is 6.42. The van der Waals surface area contributed by atoms with Crippen molar-refractivity contribution in [3.05, 3.63) is 28.8 Å². The number of rotatable bonds is 5. The molecule has 1 saturated heterocycles. The Morgan fingerprint density at radius 1 is 1.45 bits per heavy atom. The summed E-state index contributed by atoms with van der Waals surface area (Å²) in [6.07, 6.45) is 1.72. The lowest BCUT2D eigenvalue weighted by Gasteiger charge is -2.31. The Kier molecular flexibility index (Phi) is 6.06. The van der Waals surface area contributed by atoms with Gasteiger partial charge in [-0.3, -0.25) is 4.79 Å². The second-order valence-electron chi connectivity index (χ2n) is 6.01. The normalized spacial score (nSPS) is 18.1. The van der Waals surface area contributed by atoms with Crippen molar-refractivity contribution >= 4 is 17.5 Å². The maximum Gasteiger partial charge on any atom is 0.251 e. The van der Waals surface area contributed by atoms with Gasteiger partial charge in [0.2, 0.25) is 0 Å². The van der Waals surface area contributed by atoms with Gasteiger partial charge in [-0.1, -0.05) is 18.5 Å². The summed E-state index contributed by atoms with van der Waals surface area (Å²) in [5.74, 6) is 0.387. The minimum Gasteiger partial charge on any atom is -0.506 e. The molecule has 22 heavy (non-hydrogen) atoms. The molecule has 3 N–H and O–H groups in total. The Balaban J connectivity index is 1.76. The molecule has 5 nitrogen and oxygen atoms in total. The maximum atomic E-state index is 12.0. The van der Waals surface area contributed by atoms with E-state index in [2.05, 4.69) is 17.1 Å². The zero-order valence-corrected chi connectivity index (χ0v) is 13.5. The summed E-state index contributed by atoms with van der Waals surface area (Å²) in [6.45, 7) is 5.02. The molecular weight excluding hydrogens is 304 g/mol. The SMILES string of the molecule is CC1CCN(CC(O)CNC(=O)c2ccc(O)c(Cl)c2)CC1. The fourth-order valence-corrected chi connectivity index (χ4v) is 2.75. The van der Waals surface area contributed by atoms with E-state index in [0.29, 0.717) is 12.1 Å². The topological polar surface area (TPSA) is 72.8 Å². The highest BCUT2D eigenvalue weighted by atomic mass is 35.5. The predicted octanol–water partition coefficient (Wildman–Crippen LogP) is 1.87. The third kappa shape index (κ3) is 4.87. The number of hydrogen-bond donors (Lipinski definition) is 3. The minimum absolute atomic E-state index is 0.0578. The van der Waals surface area contributed by atoms with E-state index in [1.54, 1.807) is 0 Å². The van der Waals surface area contributed by atoms with Crippen molar-refractivity contribution in [2.24, 2.45) is 5.92 Å². The number of piperidine rings is 1. The summed E-state index contributed by atoms with van der Waals surface area (Å²) in [5.41, 5.74) is 0.363. The molecule has 0 radical (unpaired) electrons. The number of amides is 1. The smallest absolute Gasteiger partial charge is 0.251 e. The van der Waals surface area contributed by atoms with Crippen LogP contribution < -0.4 is 5.32 Å². The number of aliphatic hydroxyl groups is 1. The maximum absolute atomic E-state index is 12.0. The number of nitrogens with one attached hydrogen (secondary N) is 1. The molecule has 1 heterocycles. The predicted molar refractivity (Wildman–Crippen MR) is 86.3 cm³/mol. The number of aromatic hydroxyl groups is 1. The molecule has 6 heteroatoms. The van der Waals surface area contributed by atoms with E-state index < -0.39 is 6.10 Å². The summed E-state index contributed by atoms with van der Waals surface area (Å²) in [7, 11) is 0.